The van der Waals surface area contributed by atoms with E-state index in [-0.39, 0.29) is 0 Å². The van der Waals surface area contributed by atoms with E-state index in [1.165, 1.54) is 35.7 Å². The van der Waals surface area contributed by atoms with Crippen LogP contribution in [0, 0.1) is 0 Å². The topological polar surface area (TPSA) is 39.7 Å². The van der Waals surface area contributed by atoms with Crippen LogP contribution in [-0.2, 0) is 6.42 Å². The number of rotatable bonds is 7. The number of likely N-dealkylation sites (tertiary alicyclic amines) is 1. The predicted molar refractivity (Wildman–Crippen MR) is 105 cm³/mol. The highest BCUT2D eigenvalue weighted by Gasteiger charge is 2.24. The minimum Gasteiger partial charge on any atom is -0.356 e. The van der Waals surface area contributed by atoms with Crippen molar-refractivity contribution in [2.75, 3.05) is 33.2 Å². The molecule has 0 radical (unpaired) electrons. The molecule has 24 heavy (non-hydrogen) atoms. The molecule has 1 fully saturated rings. The van der Waals surface area contributed by atoms with Gasteiger partial charge in [0.25, 0.3) is 0 Å². The Balaban J connectivity index is 1.50. The van der Waals surface area contributed by atoms with Crippen molar-refractivity contribution in [1.82, 2.24) is 15.5 Å². The van der Waals surface area contributed by atoms with Crippen molar-refractivity contribution in [3.63, 3.8) is 0 Å². The first-order chi connectivity index (χ1) is 11.9. The van der Waals surface area contributed by atoms with Gasteiger partial charge in [-0.3, -0.25) is 9.89 Å². The van der Waals surface area contributed by atoms with Crippen molar-refractivity contribution in [2.24, 2.45) is 4.99 Å². The highest BCUT2D eigenvalue weighted by Crippen LogP contribution is 2.27. The third kappa shape index (κ3) is 4.82. The van der Waals surface area contributed by atoms with E-state index in [2.05, 4.69) is 55.6 Å². The third-order valence-corrected chi connectivity index (χ3v) is 6.29. The average molecular weight is 363 g/mol. The second-order valence-electron chi connectivity index (χ2n) is 5.98. The predicted octanol–water partition coefficient (Wildman–Crippen LogP) is 3.35. The minimum absolute atomic E-state index is 0.448. The Kier molecular flexibility index (Phi) is 6.69. The van der Waals surface area contributed by atoms with E-state index in [1.54, 1.807) is 0 Å². The van der Waals surface area contributed by atoms with Crippen molar-refractivity contribution in [1.29, 1.82) is 0 Å². The van der Waals surface area contributed by atoms with E-state index in [9.17, 15) is 0 Å². The van der Waals surface area contributed by atoms with Gasteiger partial charge >= 0.3 is 0 Å². The summed E-state index contributed by atoms with van der Waals surface area (Å²) in [6.07, 6.45) is 3.67. The lowest BCUT2D eigenvalue weighted by molar-refractivity contribution is 0.249. The second-order valence-corrected chi connectivity index (χ2v) is 8.00. The molecule has 0 spiro atoms. The summed E-state index contributed by atoms with van der Waals surface area (Å²) in [5, 5.41) is 11.3. The highest BCUT2D eigenvalue weighted by molar-refractivity contribution is 7.10. The molecule has 6 heteroatoms. The molecule has 0 saturated carbocycles. The number of thiophene rings is 2. The zero-order chi connectivity index (χ0) is 16.6. The van der Waals surface area contributed by atoms with Crippen LogP contribution in [0.1, 0.15) is 28.6 Å². The molecule has 2 N–H and O–H groups in total. The molecule has 3 rings (SSSR count). The fraction of sp³-hybridized carbons (Fsp3) is 0.500. The van der Waals surface area contributed by atoms with Gasteiger partial charge in [0.05, 0.1) is 6.04 Å². The molecule has 130 valence electrons. The van der Waals surface area contributed by atoms with Crippen molar-refractivity contribution in [2.45, 2.75) is 25.3 Å². The maximum atomic E-state index is 4.37. The van der Waals surface area contributed by atoms with Crippen LogP contribution in [0.2, 0.25) is 0 Å². The largest absolute Gasteiger partial charge is 0.356 e. The van der Waals surface area contributed by atoms with Gasteiger partial charge in [-0.05, 0) is 55.2 Å². The van der Waals surface area contributed by atoms with Crippen molar-refractivity contribution in [3.8, 4) is 0 Å². The summed E-state index contributed by atoms with van der Waals surface area (Å²) in [6, 6.07) is 9.14. The quantitative estimate of drug-likeness (QED) is 0.586. The summed E-state index contributed by atoms with van der Waals surface area (Å²) in [7, 11) is 1.84. The highest BCUT2D eigenvalue weighted by atomic mass is 32.1. The summed E-state index contributed by atoms with van der Waals surface area (Å²) in [4.78, 5) is 9.82. The standard InChI is InChI=1S/C18H26N4S2/c1-19-18(20-9-8-15-6-4-12-23-15)21-14-16(17-7-5-13-24-17)22-10-2-3-11-22/h4-7,12-13,16H,2-3,8-11,14H2,1H3,(H2,19,20,21). The number of hydrogen-bond donors (Lipinski definition) is 2. The molecule has 1 aliphatic rings. The number of guanidine groups is 1. The van der Waals surface area contributed by atoms with Gasteiger partial charge in [0.1, 0.15) is 0 Å². The van der Waals surface area contributed by atoms with E-state index >= 15 is 0 Å². The molecule has 0 aliphatic carbocycles. The molecule has 1 unspecified atom stereocenters. The summed E-state index contributed by atoms with van der Waals surface area (Å²) < 4.78 is 0. The molecular weight excluding hydrogens is 336 g/mol. The molecule has 1 atom stereocenters. The van der Waals surface area contributed by atoms with Crippen LogP contribution >= 0.6 is 22.7 Å². The van der Waals surface area contributed by atoms with Gasteiger partial charge in [0.15, 0.2) is 5.96 Å². The van der Waals surface area contributed by atoms with E-state index in [0.29, 0.717) is 6.04 Å². The summed E-state index contributed by atoms with van der Waals surface area (Å²) >= 11 is 3.66. The SMILES string of the molecule is CN=C(NCCc1cccs1)NCC(c1cccs1)N1CCCC1. The first kappa shape index (κ1) is 17.5. The molecule has 3 heterocycles. The molecule has 0 bridgehead atoms. The maximum Gasteiger partial charge on any atom is 0.191 e. The van der Waals surface area contributed by atoms with Crippen LogP contribution in [0.3, 0.4) is 0 Å². The lowest BCUT2D eigenvalue weighted by Gasteiger charge is -2.27. The van der Waals surface area contributed by atoms with E-state index in [0.717, 1.165) is 25.5 Å². The van der Waals surface area contributed by atoms with Crippen LogP contribution < -0.4 is 10.6 Å². The van der Waals surface area contributed by atoms with Crippen LogP contribution in [0.25, 0.3) is 0 Å². The lowest BCUT2D eigenvalue weighted by Crippen LogP contribution is -2.43. The second kappa shape index (κ2) is 9.20. The summed E-state index contributed by atoms with van der Waals surface area (Å²) in [5.41, 5.74) is 0. The summed E-state index contributed by atoms with van der Waals surface area (Å²) in [6.45, 7) is 4.22. The molecule has 0 amide bonds. The van der Waals surface area contributed by atoms with Crippen molar-refractivity contribution < 1.29 is 0 Å². The molecule has 2 aromatic heterocycles. The van der Waals surface area contributed by atoms with Gasteiger partial charge in [-0.1, -0.05) is 12.1 Å². The van der Waals surface area contributed by atoms with Gasteiger partial charge in [0, 0.05) is 29.9 Å². The van der Waals surface area contributed by atoms with Gasteiger partial charge in [-0.25, -0.2) is 0 Å². The molecule has 1 aliphatic heterocycles. The fourth-order valence-corrected chi connectivity index (χ4v) is 4.69. The van der Waals surface area contributed by atoms with Gasteiger partial charge in [-0.15, -0.1) is 22.7 Å². The first-order valence-corrected chi connectivity index (χ1v) is 10.4. The Bertz CT molecular complexity index is 601. The number of nitrogens with one attached hydrogen (secondary N) is 2. The monoisotopic (exact) mass is 362 g/mol. The van der Waals surface area contributed by atoms with Crippen LogP contribution in [0.4, 0.5) is 0 Å². The minimum atomic E-state index is 0.448. The number of nitrogens with zero attached hydrogens (tertiary/aromatic N) is 2. The number of hydrogen-bond acceptors (Lipinski definition) is 4. The van der Waals surface area contributed by atoms with E-state index in [1.807, 2.05) is 29.7 Å². The molecule has 2 aromatic rings. The van der Waals surface area contributed by atoms with Crippen molar-refractivity contribution in [3.05, 3.63) is 44.8 Å². The molecule has 4 nitrogen and oxygen atoms in total. The van der Waals surface area contributed by atoms with Gasteiger partial charge in [0.2, 0.25) is 0 Å². The average Bonchev–Trinajstić information content (AvgIpc) is 3.35. The molecule has 1 saturated heterocycles. The smallest absolute Gasteiger partial charge is 0.191 e. The Labute approximate surface area is 152 Å². The molecule has 0 aromatic carbocycles. The van der Waals surface area contributed by atoms with E-state index in [4.69, 9.17) is 0 Å². The Morgan fingerprint density at radius 1 is 1.17 bits per heavy atom. The Hall–Kier alpha value is -1.37. The Morgan fingerprint density at radius 2 is 1.96 bits per heavy atom. The van der Waals surface area contributed by atoms with Gasteiger partial charge < -0.3 is 10.6 Å². The normalized spacial score (nSPS) is 17.1. The first-order valence-electron chi connectivity index (χ1n) is 8.61. The lowest BCUT2D eigenvalue weighted by atomic mass is 10.2. The fourth-order valence-electron chi connectivity index (χ4n) is 3.12. The summed E-state index contributed by atoms with van der Waals surface area (Å²) in [5.74, 6) is 0.896. The van der Waals surface area contributed by atoms with Crippen LogP contribution in [-0.4, -0.2) is 44.1 Å². The van der Waals surface area contributed by atoms with Gasteiger partial charge in [-0.2, -0.15) is 0 Å². The zero-order valence-corrected chi connectivity index (χ0v) is 15.8. The van der Waals surface area contributed by atoms with E-state index < -0.39 is 0 Å². The van der Waals surface area contributed by atoms with Crippen molar-refractivity contribution >= 4 is 28.6 Å². The maximum absolute atomic E-state index is 4.37. The molecular formula is C18H26N4S2. The zero-order valence-electron chi connectivity index (χ0n) is 14.2. The van der Waals surface area contributed by atoms with Crippen LogP contribution in [0.5, 0.6) is 0 Å². The van der Waals surface area contributed by atoms with Crippen LogP contribution in [0.15, 0.2) is 40.0 Å². The Morgan fingerprint density at radius 3 is 2.62 bits per heavy atom. The third-order valence-electron chi connectivity index (χ3n) is 4.38. The number of aliphatic imine (C=N–C) groups is 1.